The molecule has 0 fully saturated rings. The summed E-state index contributed by atoms with van der Waals surface area (Å²) in [6.45, 7) is 1.92. The topological polar surface area (TPSA) is 79.5 Å². The zero-order valence-corrected chi connectivity index (χ0v) is 12.1. The van der Waals surface area contributed by atoms with Crippen LogP contribution in [0.2, 0.25) is 0 Å². The van der Waals surface area contributed by atoms with Crippen LogP contribution in [-0.4, -0.2) is 20.1 Å². The third kappa shape index (κ3) is 3.44. The smallest absolute Gasteiger partial charge is 0.250 e. The lowest BCUT2D eigenvalue weighted by Crippen LogP contribution is -2.25. The molecule has 0 atom stereocenters. The van der Waals surface area contributed by atoms with Gasteiger partial charge in [0.2, 0.25) is 10.0 Å². The van der Waals surface area contributed by atoms with Crippen molar-refractivity contribution < 1.29 is 17.9 Å². The van der Waals surface area contributed by atoms with Crippen molar-refractivity contribution in [1.82, 2.24) is 4.72 Å². The van der Waals surface area contributed by atoms with Crippen molar-refractivity contribution in [3.8, 4) is 0 Å². The van der Waals surface area contributed by atoms with Gasteiger partial charge in [-0.25, -0.2) is 13.1 Å². The molecule has 2 heterocycles. The summed E-state index contributed by atoms with van der Waals surface area (Å²) in [5.74, 6) is 0.737. The van der Waals surface area contributed by atoms with Gasteiger partial charge >= 0.3 is 0 Å². The first-order chi connectivity index (χ1) is 9.03. The molecule has 5 nitrogen and oxygen atoms in total. The van der Waals surface area contributed by atoms with Gasteiger partial charge in [-0.3, -0.25) is 0 Å². The molecule has 0 aliphatic carbocycles. The monoisotopic (exact) mass is 301 g/mol. The van der Waals surface area contributed by atoms with Crippen LogP contribution in [0.3, 0.4) is 0 Å². The van der Waals surface area contributed by atoms with E-state index in [9.17, 15) is 8.42 Å². The summed E-state index contributed by atoms with van der Waals surface area (Å²) in [6, 6.07) is 5.14. The molecule has 0 amide bonds. The molecule has 2 N–H and O–H groups in total. The lowest BCUT2D eigenvalue weighted by Gasteiger charge is -2.03. The van der Waals surface area contributed by atoms with E-state index >= 15 is 0 Å². The number of aryl methyl sites for hydroxylation is 1. The molecule has 0 spiro atoms. The Morgan fingerprint density at radius 3 is 2.84 bits per heavy atom. The van der Waals surface area contributed by atoms with Crippen molar-refractivity contribution in [2.24, 2.45) is 0 Å². The minimum absolute atomic E-state index is 0.140. The molecule has 2 rings (SSSR count). The van der Waals surface area contributed by atoms with Crippen LogP contribution in [0.1, 0.15) is 16.2 Å². The van der Waals surface area contributed by atoms with Crippen molar-refractivity contribution >= 4 is 21.4 Å². The van der Waals surface area contributed by atoms with Crippen LogP contribution >= 0.6 is 11.3 Å². The summed E-state index contributed by atoms with van der Waals surface area (Å²) in [5, 5.41) is 9.08. The van der Waals surface area contributed by atoms with Gasteiger partial charge in [-0.15, -0.1) is 11.3 Å². The van der Waals surface area contributed by atoms with Crippen molar-refractivity contribution in [3.05, 3.63) is 40.7 Å². The predicted molar refractivity (Wildman–Crippen MR) is 72.6 cm³/mol. The normalized spacial score (nSPS) is 11.9. The number of rotatable bonds is 6. The fraction of sp³-hybridized carbons (Fsp3) is 0.333. The van der Waals surface area contributed by atoms with Gasteiger partial charge in [-0.2, -0.15) is 0 Å². The van der Waals surface area contributed by atoms with Crippen molar-refractivity contribution in [2.45, 2.75) is 24.2 Å². The Bertz CT molecular complexity index is 629. The Morgan fingerprint density at radius 2 is 2.26 bits per heavy atom. The molecule has 0 saturated heterocycles. The minimum Gasteiger partial charge on any atom is -0.469 e. The van der Waals surface area contributed by atoms with Crippen molar-refractivity contribution in [3.63, 3.8) is 0 Å². The molecule has 104 valence electrons. The highest BCUT2D eigenvalue weighted by Crippen LogP contribution is 2.25. The van der Waals surface area contributed by atoms with Crippen LogP contribution in [0.25, 0.3) is 0 Å². The Hall–Kier alpha value is -1.15. The highest BCUT2D eigenvalue weighted by Gasteiger charge is 2.18. The van der Waals surface area contributed by atoms with E-state index < -0.39 is 10.0 Å². The van der Waals surface area contributed by atoms with E-state index in [1.54, 1.807) is 31.4 Å². The van der Waals surface area contributed by atoms with E-state index in [0.29, 0.717) is 11.3 Å². The van der Waals surface area contributed by atoms with E-state index in [1.807, 2.05) is 0 Å². The summed E-state index contributed by atoms with van der Waals surface area (Å²) >= 11 is 1.09. The molecule has 7 heteroatoms. The maximum absolute atomic E-state index is 12.0. The third-order valence-electron chi connectivity index (χ3n) is 2.65. The minimum atomic E-state index is -3.51. The van der Waals surface area contributed by atoms with E-state index in [-0.39, 0.29) is 17.4 Å². The number of hydrogen-bond donors (Lipinski definition) is 2. The second-order valence-corrected chi connectivity index (χ2v) is 7.19. The summed E-state index contributed by atoms with van der Waals surface area (Å²) in [7, 11) is -3.51. The number of aliphatic hydroxyl groups is 1. The zero-order chi connectivity index (χ0) is 13.9. The van der Waals surface area contributed by atoms with Crippen molar-refractivity contribution in [1.29, 1.82) is 0 Å². The fourth-order valence-electron chi connectivity index (χ4n) is 1.61. The maximum atomic E-state index is 12.0. The molecule has 0 aromatic carbocycles. The average molecular weight is 301 g/mol. The predicted octanol–water partition coefficient (Wildman–Crippen LogP) is 1.66. The molecular formula is C12H15NO4S2. The molecule has 0 bridgehead atoms. The molecule has 0 unspecified atom stereocenters. The van der Waals surface area contributed by atoms with E-state index in [2.05, 4.69) is 4.72 Å². The van der Waals surface area contributed by atoms with Crippen LogP contribution < -0.4 is 4.72 Å². The lowest BCUT2D eigenvalue weighted by molar-refractivity contribution is 0.285. The summed E-state index contributed by atoms with van der Waals surface area (Å²) in [5.41, 5.74) is 0.791. The Balaban J connectivity index is 2.01. The van der Waals surface area contributed by atoms with Crippen LogP contribution in [0, 0.1) is 6.92 Å². The zero-order valence-electron chi connectivity index (χ0n) is 10.4. The van der Waals surface area contributed by atoms with Gasteiger partial charge in [0.05, 0.1) is 12.9 Å². The summed E-state index contributed by atoms with van der Waals surface area (Å²) in [6.07, 6.45) is 2.06. The number of furan rings is 1. The van der Waals surface area contributed by atoms with Gasteiger partial charge in [0.1, 0.15) is 9.97 Å². The largest absolute Gasteiger partial charge is 0.469 e. The van der Waals surface area contributed by atoms with Gasteiger partial charge in [0, 0.05) is 17.8 Å². The van der Waals surface area contributed by atoms with Gasteiger partial charge in [0.15, 0.2) is 0 Å². The van der Waals surface area contributed by atoms with Gasteiger partial charge in [-0.05, 0) is 30.7 Å². The van der Waals surface area contributed by atoms with Crippen molar-refractivity contribution in [2.75, 3.05) is 6.54 Å². The number of hydrogen-bond acceptors (Lipinski definition) is 5. The first-order valence-electron chi connectivity index (χ1n) is 5.75. The van der Waals surface area contributed by atoms with E-state index in [1.165, 1.54) is 0 Å². The van der Waals surface area contributed by atoms with Crippen LogP contribution in [0.5, 0.6) is 0 Å². The SMILES string of the molecule is Cc1cc(S(=O)(=O)NCCc2ccco2)sc1CO. The molecule has 0 radical (unpaired) electrons. The van der Waals surface area contributed by atoms with Crippen LogP contribution in [-0.2, 0) is 23.1 Å². The second kappa shape index (κ2) is 5.87. The Morgan fingerprint density at radius 1 is 1.47 bits per heavy atom. The second-order valence-electron chi connectivity index (χ2n) is 4.06. The highest BCUT2D eigenvalue weighted by atomic mass is 32.2. The third-order valence-corrected chi connectivity index (χ3v) is 5.81. The number of nitrogens with one attached hydrogen (secondary N) is 1. The number of sulfonamides is 1. The maximum Gasteiger partial charge on any atom is 0.250 e. The Kier molecular flexibility index (Phi) is 4.41. The van der Waals surface area contributed by atoms with Crippen LogP contribution in [0.15, 0.2) is 33.1 Å². The average Bonchev–Trinajstić information content (AvgIpc) is 2.98. The lowest BCUT2D eigenvalue weighted by atomic mass is 10.3. The molecule has 2 aromatic heterocycles. The first-order valence-corrected chi connectivity index (χ1v) is 8.05. The fourth-order valence-corrected chi connectivity index (χ4v) is 4.14. The number of aliphatic hydroxyl groups excluding tert-OH is 1. The number of thiophene rings is 1. The quantitative estimate of drug-likeness (QED) is 0.850. The van der Waals surface area contributed by atoms with Gasteiger partial charge < -0.3 is 9.52 Å². The molecule has 2 aromatic rings. The summed E-state index contributed by atoms with van der Waals surface area (Å²) in [4.78, 5) is 0.673. The molecule has 0 aliphatic heterocycles. The molecule has 19 heavy (non-hydrogen) atoms. The molecular weight excluding hydrogens is 286 g/mol. The van der Waals surface area contributed by atoms with E-state index in [4.69, 9.17) is 9.52 Å². The van der Waals surface area contributed by atoms with Crippen LogP contribution in [0.4, 0.5) is 0 Å². The summed E-state index contributed by atoms with van der Waals surface area (Å²) < 4.78 is 31.9. The Labute approximate surface area is 115 Å². The molecule has 0 aliphatic rings. The van der Waals surface area contributed by atoms with E-state index in [0.717, 1.165) is 22.7 Å². The standard InChI is InChI=1S/C12H15NO4S2/c1-9-7-12(18-11(9)8-14)19(15,16)13-5-4-10-3-2-6-17-10/h2-3,6-7,13-14H,4-5,8H2,1H3. The van der Waals surface area contributed by atoms with Gasteiger partial charge in [-0.1, -0.05) is 0 Å². The van der Waals surface area contributed by atoms with Gasteiger partial charge in [0.25, 0.3) is 0 Å². The first kappa shape index (κ1) is 14.3. The molecule has 0 saturated carbocycles. The highest BCUT2D eigenvalue weighted by molar-refractivity contribution is 7.91.